The van der Waals surface area contributed by atoms with Gasteiger partial charge in [-0.05, 0) is 69.3 Å². The molecule has 1 aliphatic carbocycles. The van der Waals surface area contributed by atoms with Crippen molar-refractivity contribution < 1.29 is 14.3 Å². The Labute approximate surface area is 225 Å². The molecule has 5 rings (SSSR count). The second kappa shape index (κ2) is 10.7. The summed E-state index contributed by atoms with van der Waals surface area (Å²) in [6, 6.07) is 17.3. The summed E-state index contributed by atoms with van der Waals surface area (Å²) in [6.07, 6.45) is 3.88. The van der Waals surface area contributed by atoms with Crippen molar-refractivity contribution in [3.8, 4) is 11.5 Å². The molecule has 2 aliphatic rings. The van der Waals surface area contributed by atoms with Crippen LogP contribution >= 0.6 is 0 Å². The van der Waals surface area contributed by atoms with Crippen LogP contribution in [0.5, 0.6) is 11.5 Å². The number of rotatable bonds is 7. The second-order valence-electron chi connectivity index (χ2n) is 10.7. The fourth-order valence-corrected chi connectivity index (χ4v) is 6.56. The Kier molecular flexibility index (Phi) is 7.34. The Morgan fingerprint density at radius 2 is 1.84 bits per heavy atom. The molecule has 0 unspecified atom stereocenters. The van der Waals surface area contributed by atoms with Crippen LogP contribution in [0.2, 0.25) is 0 Å². The third kappa shape index (κ3) is 4.85. The number of amides is 2. The largest absolute Gasteiger partial charge is 0.493 e. The molecule has 2 N–H and O–H groups in total. The molecule has 0 bridgehead atoms. The van der Waals surface area contributed by atoms with E-state index in [2.05, 4.69) is 63.1 Å². The van der Waals surface area contributed by atoms with Gasteiger partial charge in [-0.2, -0.15) is 5.10 Å². The minimum Gasteiger partial charge on any atom is -0.493 e. The van der Waals surface area contributed by atoms with Gasteiger partial charge in [-0.15, -0.1) is 0 Å². The summed E-state index contributed by atoms with van der Waals surface area (Å²) in [5.74, 6) is 1.51. The first-order chi connectivity index (χ1) is 18.3. The Morgan fingerprint density at radius 3 is 2.53 bits per heavy atom. The number of anilines is 1. The van der Waals surface area contributed by atoms with E-state index >= 15 is 0 Å². The van der Waals surface area contributed by atoms with Crippen molar-refractivity contribution in [1.29, 1.82) is 0 Å². The zero-order chi connectivity index (χ0) is 26.9. The highest BCUT2D eigenvalue weighted by molar-refractivity contribution is 5.90. The normalized spacial score (nSPS) is 23.1. The third-order valence-corrected chi connectivity index (χ3v) is 8.64. The Hall–Kier alpha value is -3.52. The molecule has 3 atom stereocenters. The first kappa shape index (κ1) is 26.1. The number of ether oxygens (including phenoxy) is 2. The Balaban J connectivity index is 1.39. The van der Waals surface area contributed by atoms with Crippen molar-refractivity contribution in [3.05, 3.63) is 71.0 Å². The number of aromatic nitrogens is 2. The van der Waals surface area contributed by atoms with Crippen LogP contribution in [0.25, 0.3) is 0 Å². The molecule has 1 aromatic heterocycles. The van der Waals surface area contributed by atoms with Gasteiger partial charge in [0.15, 0.2) is 11.5 Å². The minimum absolute atomic E-state index is 0.000482. The van der Waals surface area contributed by atoms with Gasteiger partial charge in [0.05, 0.1) is 31.3 Å². The average Bonchev–Trinajstić information content (AvgIpc) is 3.40. The van der Waals surface area contributed by atoms with Crippen molar-refractivity contribution in [2.24, 2.45) is 7.05 Å². The highest BCUT2D eigenvalue weighted by Gasteiger charge is 2.51. The van der Waals surface area contributed by atoms with Crippen molar-refractivity contribution >= 4 is 11.7 Å². The molecule has 2 fully saturated rings. The van der Waals surface area contributed by atoms with Crippen LogP contribution in [0, 0.1) is 13.8 Å². The lowest BCUT2D eigenvalue weighted by molar-refractivity contribution is 0.131. The number of nitrogens with zero attached hydrogens (tertiary/aromatic N) is 3. The molecule has 8 nitrogen and oxygen atoms in total. The molecular formula is C30H39N5O3. The highest BCUT2D eigenvalue weighted by atomic mass is 16.5. The van der Waals surface area contributed by atoms with Gasteiger partial charge in [-0.1, -0.05) is 36.4 Å². The molecule has 2 amide bonds. The quantitative estimate of drug-likeness (QED) is 0.464. The summed E-state index contributed by atoms with van der Waals surface area (Å²) in [5, 5.41) is 10.7. The molecule has 1 saturated carbocycles. The standard InChI is InChI=1S/C30H39N5O3/c1-20-28(21(2)34(3)33-20)32-29(36)31-24-13-14-30(23-11-12-25(37-4)26(17-23)38-5)15-16-35(27(30)18-24)19-22-9-7-6-8-10-22/h6-12,17,24,27H,13-16,18-19H2,1-5H3,(H2,31,32,36)/t24-,27+,30-/m0/s1. The lowest BCUT2D eigenvalue weighted by Crippen LogP contribution is -2.52. The van der Waals surface area contributed by atoms with Gasteiger partial charge in [-0.25, -0.2) is 4.79 Å². The summed E-state index contributed by atoms with van der Waals surface area (Å²) < 4.78 is 13.0. The van der Waals surface area contributed by atoms with Gasteiger partial charge >= 0.3 is 6.03 Å². The summed E-state index contributed by atoms with van der Waals surface area (Å²) in [7, 11) is 5.26. The smallest absolute Gasteiger partial charge is 0.319 e. The molecule has 0 spiro atoms. The average molecular weight is 518 g/mol. The molecule has 1 aliphatic heterocycles. The number of carbonyl (C=O) groups is 1. The monoisotopic (exact) mass is 517 g/mol. The van der Waals surface area contributed by atoms with E-state index in [1.807, 2.05) is 27.0 Å². The van der Waals surface area contributed by atoms with Crippen LogP contribution in [0.15, 0.2) is 48.5 Å². The maximum Gasteiger partial charge on any atom is 0.319 e. The maximum absolute atomic E-state index is 13.1. The second-order valence-corrected chi connectivity index (χ2v) is 10.7. The topological polar surface area (TPSA) is 80.7 Å². The molecule has 38 heavy (non-hydrogen) atoms. The molecule has 202 valence electrons. The summed E-state index contributed by atoms with van der Waals surface area (Å²) >= 11 is 0. The fourth-order valence-electron chi connectivity index (χ4n) is 6.56. The molecule has 2 heterocycles. The van der Waals surface area contributed by atoms with Crippen LogP contribution in [-0.4, -0.2) is 53.6 Å². The van der Waals surface area contributed by atoms with Crippen LogP contribution in [0.4, 0.5) is 10.5 Å². The van der Waals surface area contributed by atoms with Gasteiger partial charge in [0, 0.05) is 31.1 Å². The number of likely N-dealkylation sites (tertiary alicyclic amines) is 1. The third-order valence-electron chi connectivity index (χ3n) is 8.64. The predicted molar refractivity (Wildman–Crippen MR) is 149 cm³/mol. The zero-order valence-electron chi connectivity index (χ0n) is 23.1. The first-order valence-electron chi connectivity index (χ1n) is 13.4. The molecule has 2 aromatic carbocycles. The molecule has 3 aromatic rings. The lowest BCUT2D eigenvalue weighted by Gasteiger charge is -2.45. The van der Waals surface area contributed by atoms with E-state index in [4.69, 9.17) is 9.47 Å². The van der Waals surface area contributed by atoms with Crippen molar-refractivity contribution in [2.75, 3.05) is 26.1 Å². The number of fused-ring (bicyclic) bond motifs is 1. The van der Waals surface area contributed by atoms with Gasteiger partial charge in [0.1, 0.15) is 0 Å². The summed E-state index contributed by atoms with van der Waals surface area (Å²) in [4.78, 5) is 15.7. The van der Waals surface area contributed by atoms with E-state index in [0.29, 0.717) is 6.04 Å². The SMILES string of the molecule is COc1ccc([C@@]23CC[C@H](NC(=O)Nc4c(C)nn(C)c4C)C[C@H]2N(Cc2ccccc2)CC3)cc1OC. The van der Waals surface area contributed by atoms with Crippen LogP contribution in [0.3, 0.4) is 0 Å². The van der Waals surface area contributed by atoms with Gasteiger partial charge < -0.3 is 20.1 Å². The summed E-state index contributed by atoms with van der Waals surface area (Å²) in [6.45, 7) is 5.79. The zero-order valence-corrected chi connectivity index (χ0v) is 23.1. The van der Waals surface area contributed by atoms with Crippen LogP contribution in [-0.2, 0) is 19.0 Å². The van der Waals surface area contributed by atoms with E-state index in [-0.39, 0.29) is 17.5 Å². The number of aryl methyl sites for hydroxylation is 2. The number of nitrogens with one attached hydrogen (secondary N) is 2. The predicted octanol–water partition coefficient (Wildman–Crippen LogP) is 4.94. The van der Waals surface area contributed by atoms with E-state index in [1.165, 1.54) is 11.1 Å². The molecule has 1 saturated heterocycles. The van der Waals surface area contributed by atoms with Gasteiger partial charge in [0.2, 0.25) is 0 Å². The van der Waals surface area contributed by atoms with Crippen molar-refractivity contribution in [2.45, 2.75) is 63.6 Å². The first-order valence-corrected chi connectivity index (χ1v) is 13.4. The highest BCUT2D eigenvalue weighted by Crippen LogP contribution is 2.50. The molecule has 0 radical (unpaired) electrons. The number of urea groups is 1. The van der Waals surface area contributed by atoms with Gasteiger partial charge in [0.25, 0.3) is 0 Å². The molecule has 8 heteroatoms. The fraction of sp³-hybridized carbons (Fsp3) is 0.467. The van der Waals surface area contributed by atoms with E-state index < -0.39 is 0 Å². The van der Waals surface area contributed by atoms with Crippen LogP contribution < -0.4 is 20.1 Å². The number of carbonyl (C=O) groups excluding carboxylic acids is 1. The summed E-state index contributed by atoms with van der Waals surface area (Å²) in [5.41, 5.74) is 5.15. The van der Waals surface area contributed by atoms with Crippen LogP contribution in [0.1, 0.15) is 48.2 Å². The van der Waals surface area contributed by atoms with Gasteiger partial charge in [-0.3, -0.25) is 9.58 Å². The number of benzene rings is 2. The number of hydrogen-bond acceptors (Lipinski definition) is 5. The van der Waals surface area contributed by atoms with Crippen molar-refractivity contribution in [3.63, 3.8) is 0 Å². The lowest BCUT2D eigenvalue weighted by atomic mass is 9.65. The van der Waals surface area contributed by atoms with E-state index in [0.717, 1.165) is 67.3 Å². The minimum atomic E-state index is -0.166. The van der Waals surface area contributed by atoms with E-state index in [9.17, 15) is 4.79 Å². The molecular weight excluding hydrogens is 478 g/mol. The maximum atomic E-state index is 13.1. The number of hydrogen-bond donors (Lipinski definition) is 2. The Bertz CT molecular complexity index is 1290. The number of methoxy groups -OCH3 is 2. The Morgan fingerprint density at radius 1 is 1.08 bits per heavy atom. The van der Waals surface area contributed by atoms with E-state index in [1.54, 1.807) is 18.9 Å². The van der Waals surface area contributed by atoms with Crippen molar-refractivity contribution in [1.82, 2.24) is 20.0 Å².